The highest BCUT2D eigenvalue weighted by Gasteiger charge is 2.06. The number of rotatable bonds is 6. The van der Waals surface area contributed by atoms with Gasteiger partial charge in [-0.2, -0.15) is 0 Å². The molecule has 0 unspecified atom stereocenters. The van der Waals surface area contributed by atoms with Gasteiger partial charge in [-0.1, -0.05) is 6.92 Å². The van der Waals surface area contributed by atoms with E-state index >= 15 is 0 Å². The van der Waals surface area contributed by atoms with Crippen LogP contribution in [0.25, 0.3) is 0 Å². The molecule has 0 amide bonds. The maximum absolute atomic E-state index is 4.26. The molecule has 0 saturated carbocycles. The molecule has 0 radical (unpaired) electrons. The SMILES string of the molecule is CCc1cnc(NCCc2nncn2C(C)C)nc1. The summed E-state index contributed by atoms with van der Waals surface area (Å²) in [6, 6.07) is 0.380. The van der Waals surface area contributed by atoms with Crippen molar-refractivity contribution in [2.75, 3.05) is 11.9 Å². The highest BCUT2D eigenvalue weighted by molar-refractivity contribution is 5.24. The van der Waals surface area contributed by atoms with Crippen molar-refractivity contribution in [3.05, 3.63) is 30.1 Å². The molecule has 0 saturated heterocycles. The highest BCUT2D eigenvalue weighted by atomic mass is 15.3. The zero-order valence-electron chi connectivity index (χ0n) is 11.7. The van der Waals surface area contributed by atoms with Gasteiger partial charge in [-0.15, -0.1) is 10.2 Å². The van der Waals surface area contributed by atoms with Crippen LogP contribution in [0.2, 0.25) is 0 Å². The van der Waals surface area contributed by atoms with E-state index in [9.17, 15) is 0 Å². The number of nitrogens with one attached hydrogen (secondary N) is 1. The van der Waals surface area contributed by atoms with Crippen molar-refractivity contribution in [2.45, 2.75) is 39.7 Å². The van der Waals surface area contributed by atoms with Crippen molar-refractivity contribution in [3.8, 4) is 0 Å². The number of hydrogen-bond donors (Lipinski definition) is 1. The van der Waals surface area contributed by atoms with E-state index in [1.165, 1.54) is 0 Å². The van der Waals surface area contributed by atoms with Gasteiger partial charge in [-0.05, 0) is 25.8 Å². The van der Waals surface area contributed by atoms with Crippen LogP contribution >= 0.6 is 0 Å². The van der Waals surface area contributed by atoms with Gasteiger partial charge in [-0.3, -0.25) is 0 Å². The minimum Gasteiger partial charge on any atom is -0.354 e. The van der Waals surface area contributed by atoms with Gasteiger partial charge < -0.3 is 9.88 Å². The Kier molecular flexibility index (Phi) is 4.43. The molecule has 0 aliphatic carbocycles. The second-order valence-corrected chi connectivity index (χ2v) is 4.69. The number of aromatic nitrogens is 5. The van der Waals surface area contributed by atoms with E-state index in [2.05, 4.69) is 50.8 Å². The smallest absolute Gasteiger partial charge is 0.222 e. The molecule has 2 aromatic rings. The van der Waals surface area contributed by atoms with Crippen LogP contribution in [0.3, 0.4) is 0 Å². The average Bonchev–Trinajstić information content (AvgIpc) is 2.88. The Balaban J connectivity index is 1.87. The van der Waals surface area contributed by atoms with Crippen LogP contribution < -0.4 is 5.32 Å². The van der Waals surface area contributed by atoms with Crippen LogP contribution in [0.5, 0.6) is 0 Å². The van der Waals surface area contributed by atoms with E-state index < -0.39 is 0 Å². The summed E-state index contributed by atoms with van der Waals surface area (Å²) >= 11 is 0. The molecular weight excluding hydrogens is 240 g/mol. The van der Waals surface area contributed by atoms with Crippen LogP contribution in [0.15, 0.2) is 18.7 Å². The Morgan fingerprint density at radius 1 is 1.26 bits per heavy atom. The van der Waals surface area contributed by atoms with Crippen LogP contribution in [0.4, 0.5) is 5.95 Å². The first kappa shape index (κ1) is 13.5. The molecule has 0 atom stereocenters. The first-order chi connectivity index (χ1) is 9.20. The lowest BCUT2D eigenvalue weighted by molar-refractivity contribution is 0.568. The maximum Gasteiger partial charge on any atom is 0.222 e. The standard InChI is InChI=1S/C13H20N6/c1-4-11-7-15-13(16-8-11)14-6-5-12-18-17-9-19(12)10(2)3/h7-10H,4-6H2,1-3H3,(H,14,15,16). The third kappa shape index (κ3) is 3.49. The van der Waals surface area contributed by atoms with Crippen molar-refractivity contribution < 1.29 is 0 Å². The lowest BCUT2D eigenvalue weighted by Gasteiger charge is -2.10. The van der Waals surface area contributed by atoms with Crippen LogP contribution in [0, 0.1) is 0 Å². The largest absolute Gasteiger partial charge is 0.354 e. The Morgan fingerprint density at radius 3 is 2.63 bits per heavy atom. The summed E-state index contributed by atoms with van der Waals surface area (Å²) < 4.78 is 2.07. The van der Waals surface area contributed by atoms with E-state index in [1.54, 1.807) is 6.33 Å². The maximum atomic E-state index is 4.26. The van der Waals surface area contributed by atoms with Gasteiger partial charge in [0.2, 0.25) is 5.95 Å². The van der Waals surface area contributed by atoms with E-state index in [1.807, 2.05) is 12.4 Å². The molecule has 6 nitrogen and oxygen atoms in total. The first-order valence-corrected chi connectivity index (χ1v) is 6.64. The lowest BCUT2D eigenvalue weighted by atomic mass is 10.3. The van der Waals surface area contributed by atoms with Gasteiger partial charge in [-0.25, -0.2) is 9.97 Å². The molecule has 0 aliphatic heterocycles. The molecule has 1 N–H and O–H groups in total. The van der Waals surface area contributed by atoms with E-state index in [4.69, 9.17) is 0 Å². The molecule has 19 heavy (non-hydrogen) atoms. The summed E-state index contributed by atoms with van der Waals surface area (Å²) in [5, 5.41) is 11.3. The van der Waals surface area contributed by atoms with Gasteiger partial charge >= 0.3 is 0 Å². The zero-order valence-corrected chi connectivity index (χ0v) is 11.7. The average molecular weight is 260 g/mol. The molecule has 6 heteroatoms. The van der Waals surface area contributed by atoms with Crippen molar-refractivity contribution in [2.24, 2.45) is 0 Å². The Bertz CT molecular complexity index is 502. The summed E-state index contributed by atoms with van der Waals surface area (Å²) in [4.78, 5) is 8.52. The second kappa shape index (κ2) is 6.26. The number of aryl methyl sites for hydroxylation is 1. The summed E-state index contributed by atoms with van der Waals surface area (Å²) in [5.74, 6) is 1.64. The molecule has 0 aliphatic rings. The molecule has 0 bridgehead atoms. The number of anilines is 1. The number of nitrogens with zero attached hydrogens (tertiary/aromatic N) is 5. The molecule has 2 rings (SSSR count). The van der Waals surface area contributed by atoms with Crippen molar-refractivity contribution in [1.82, 2.24) is 24.7 Å². The topological polar surface area (TPSA) is 68.5 Å². The van der Waals surface area contributed by atoms with Gasteiger partial charge in [0.05, 0.1) is 0 Å². The Labute approximate surface area is 113 Å². The monoisotopic (exact) mass is 260 g/mol. The molecule has 2 aromatic heterocycles. The van der Waals surface area contributed by atoms with Crippen molar-refractivity contribution in [3.63, 3.8) is 0 Å². The summed E-state index contributed by atoms with van der Waals surface area (Å²) in [6.07, 6.45) is 7.24. The minimum absolute atomic E-state index is 0.380. The van der Waals surface area contributed by atoms with Gasteiger partial charge in [0.15, 0.2) is 0 Å². The molecule has 2 heterocycles. The fourth-order valence-electron chi connectivity index (χ4n) is 1.79. The van der Waals surface area contributed by atoms with Crippen molar-refractivity contribution >= 4 is 5.95 Å². The summed E-state index contributed by atoms with van der Waals surface area (Å²) in [7, 11) is 0. The Hall–Kier alpha value is -1.98. The predicted octanol–water partition coefficient (Wildman–Crippen LogP) is 1.87. The molecular formula is C13H20N6. The molecule has 0 fully saturated rings. The van der Waals surface area contributed by atoms with Crippen LogP contribution in [-0.4, -0.2) is 31.3 Å². The van der Waals surface area contributed by atoms with Gasteiger partial charge in [0.1, 0.15) is 12.2 Å². The zero-order chi connectivity index (χ0) is 13.7. The fraction of sp³-hybridized carbons (Fsp3) is 0.538. The summed E-state index contributed by atoms with van der Waals surface area (Å²) in [5.41, 5.74) is 1.14. The van der Waals surface area contributed by atoms with Crippen LogP contribution in [0.1, 0.15) is 38.2 Å². The lowest BCUT2D eigenvalue weighted by Crippen LogP contribution is -2.12. The first-order valence-electron chi connectivity index (χ1n) is 6.64. The second-order valence-electron chi connectivity index (χ2n) is 4.69. The van der Waals surface area contributed by atoms with E-state index in [-0.39, 0.29) is 0 Å². The number of hydrogen-bond acceptors (Lipinski definition) is 5. The summed E-state index contributed by atoms with van der Waals surface area (Å²) in [6.45, 7) is 7.07. The van der Waals surface area contributed by atoms with Crippen LogP contribution in [-0.2, 0) is 12.8 Å². The predicted molar refractivity (Wildman–Crippen MR) is 74.0 cm³/mol. The highest BCUT2D eigenvalue weighted by Crippen LogP contribution is 2.07. The molecule has 102 valence electrons. The van der Waals surface area contributed by atoms with Gasteiger partial charge in [0.25, 0.3) is 0 Å². The molecule has 0 aromatic carbocycles. The van der Waals surface area contributed by atoms with Gasteiger partial charge in [0, 0.05) is 31.4 Å². The third-order valence-corrected chi connectivity index (χ3v) is 2.95. The normalized spacial score (nSPS) is 10.9. The minimum atomic E-state index is 0.380. The third-order valence-electron chi connectivity index (χ3n) is 2.95. The van der Waals surface area contributed by atoms with E-state index in [0.717, 1.165) is 30.8 Å². The van der Waals surface area contributed by atoms with E-state index in [0.29, 0.717) is 12.0 Å². The molecule has 0 spiro atoms. The quantitative estimate of drug-likeness (QED) is 0.858. The van der Waals surface area contributed by atoms with Crippen molar-refractivity contribution in [1.29, 1.82) is 0 Å². The fourth-order valence-corrected chi connectivity index (χ4v) is 1.79. The Morgan fingerprint density at radius 2 is 2.00 bits per heavy atom.